The fourth-order valence-corrected chi connectivity index (χ4v) is 14.2. The highest BCUT2D eigenvalue weighted by Gasteiger charge is 2.54. The molecule has 11 aromatic rings. The second-order valence-corrected chi connectivity index (χ2v) is 19.3. The van der Waals surface area contributed by atoms with E-state index in [0.29, 0.717) is 0 Å². The first-order valence-electron chi connectivity index (χ1n) is 23.0. The number of hydrogen-bond donors (Lipinski definition) is 0. The first-order chi connectivity index (χ1) is 32.7. The van der Waals surface area contributed by atoms with Gasteiger partial charge in [-0.3, -0.25) is 0 Å². The fourth-order valence-electron chi connectivity index (χ4n) is 12.8. The molecule has 1 unspecified atom stereocenters. The van der Waals surface area contributed by atoms with Crippen molar-refractivity contribution in [3.8, 4) is 55.6 Å². The number of anilines is 3. The molecule has 0 saturated heterocycles. The van der Waals surface area contributed by atoms with Gasteiger partial charge in [0, 0.05) is 37.6 Å². The topological polar surface area (TPSA) is 3.24 Å². The molecule has 1 nitrogen and oxygen atoms in total. The minimum atomic E-state index is -0.414. The van der Waals surface area contributed by atoms with E-state index in [4.69, 9.17) is 0 Å². The van der Waals surface area contributed by atoms with Crippen LogP contribution in [0.25, 0.3) is 65.7 Å². The summed E-state index contributed by atoms with van der Waals surface area (Å²) in [5.41, 5.74) is 25.2. The van der Waals surface area contributed by atoms with Gasteiger partial charge in [-0.1, -0.05) is 188 Å². The van der Waals surface area contributed by atoms with Gasteiger partial charge in [0.15, 0.2) is 0 Å². The molecule has 0 aliphatic heterocycles. The van der Waals surface area contributed by atoms with E-state index in [1.807, 2.05) is 11.3 Å². The van der Waals surface area contributed by atoms with E-state index >= 15 is 0 Å². The number of para-hydroxylation sites is 1. The number of thiophene rings is 1. The Balaban J connectivity index is 0.887. The summed E-state index contributed by atoms with van der Waals surface area (Å²) in [7, 11) is 0. The van der Waals surface area contributed by atoms with Crippen molar-refractivity contribution in [2.24, 2.45) is 0 Å². The predicted molar refractivity (Wildman–Crippen MR) is 275 cm³/mol. The summed E-state index contributed by atoms with van der Waals surface area (Å²) in [6.45, 7) is 0. The van der Waals surface area contributed by atoms with Crippen LogP contribution in [0.4, 0.5) is 17.1 Å². The van der Waals surface area contributed by atoms with Crippen LogP contribution >= 0.6 is 11.3 Å². The number of fused-ring (bicyclic) bond motifs is 22. The van der Waals surface area contributed by atoms with E-state index in [1.165, 1.54) is 110 Å². The largest absolute Gasteiger partial charge is 0.310 e. The average Bonchev–Trinajstić information content (AvgIpc) is 4.15. The van der Waals surface area contributed by atoms with Crippen LogP contribution in [-0.2, 0) is 10.8 Å². The third-order valence-electron chi connectivity index (χ3n) is 15.3. The lowest BCUT2D eigenvalue weighted by molar-refractivity contribution is 0.793. The molecule has 0 N–H and O–H groups in total. The van der Waals surface area contributed by atoms with Gasteiger partial charge in [-0.2, -0.15) is 0 Å². The summed E-state index contributed by atoms with van der Waals surface area (Å²) >= 11 is 1.97. The molecule has 0 bridgehead atoms. The summed E-state index contributed by atoms with van der Waals surface area (Å²) in [5.74, 6) is 0. The second kappa shape index (κ2) is 13.3. The quantitative estimate of drug-likeness (QED) is 0.170. The molecule has 0 radical (unpaired) electrons. The van der Waals surface area contributed by atoms with Gasteiger partial charge in [-0.15, -0.1) is 11.3 Å². The third kappa shape index (κ3) is 4.49. The summed E-state index contributed by atoms with van der Waals surface area (Å²) in [6, 6.07) is 88.9. The van der Waals surface area contributed by atoms with Crippen LogP contribution in [0.5, 0.6) is 0 Å². The Hall–Kier alpha value is -8.04. The molecule has 2 heteroatoms. The molecule has 0 amide bonds. The highest BCUT2D eigenvalue weighted by atomic mass is 32.1. The zero-order chi connectivity index (χ0) is 43.1. The van der Waals surface area contributed by atoms with Crippen molar-refractivity contribution in [2.45, 2.75) is 10.8 Å². The van der Waals surface area contributed by atoms with Crippen molar-refractivity contribution in [2.75, 3.05) is 4.90 Å². The Morgan fingerprint density at radius 2 is 0.712 bits per heavy atom. The molecular formula is C64H39NS. The monoisotopic (exact) mass is 853 g/mol. The van der Waals surface area contributed by atoms with Crippen molar-refractivity contribution in [1.29, 1.82) is 0 Å². The summed E-state index contributed by atoms with van der Waals surface area (Å²) in [4.78, 5) is 3.87. The third-order valence-corrected chi connectivity index (χ3v) is 16.6. The van der Waals surface area contributed by atoms with E-state index in [2.05, 4.69) is 241 Å². The molecular weight excluding hydrogens is 815 g/mol. The first-order valence-corrected chi connectivity index (χ1v) is 23.8. The van der Waals surface area contributed by atoms with Crippen LogP contribution in [0.2, 0.25) is 0 Å². The lowest BCUT2D eigenvalue weighted by Crippen LogP contribution is -2.26. The maximum absolute atomic E-state index is 2.50. The van der Waals surface area contributed by atoms with E-state index in [0.717, 1.165) is 17.1 Å². The molecule has 0 fully saturated rings. The van der Waals surface area contributed by atoms with Crippen molar-refractivity contribution < 1.29 is 0 Å². The van der Waals surface area contributed by atoms with Crippen molar-refractivity contribution >= 4 is 38.5 Å². The molecule has 2 spiro atoms. The zero-order valence-electron chi connectivity index (χ0n) is 35.9. The van der Waals surface area contributed by atoms with Crippen LogP contribution in [0.3, 0.4) is 0 Å². The molecule has 15 rings (SSSR count). The molecule has 4 aliphatic rings. The van der Waals surface area contributed by atoms with Crippen molar-refractivity contribution in [3.63, 3.8) is 0 Å². The zero-order valence-corrected chi connectivity index (χ0v) is 36.7. The maximum atomic E-state index is 2.50. The Bertz CT molecular complexity index is 3770. The Labute approximate surface area is 388 Å². The number of nitrogens with zero attached hydrogens (tertiary/aromatic N) is 1. The lowest BCUT2D eigenvalue weighted by Gasteiger charge is -2.32. The van der Waals surface area contributed by atoms with Gasteiger partial charge in [0.05, 0.1) is 10.8 Å². The van der Waals surface area contributed by atoms with Crippen LogP contribution < -0.4 is 4.90 Å². The van der Waals surface area contributed by atoms with E-state index in [9.17, 15) is 0 Å². The minimum absolute atomic E-state index is 0.382. The normalized spacial score (nSPS) is 15.8. The smallest absolute Gasteiger partial charge is 0.0819 e. The van der Waals surface area contributed by atoms with E-state index < -0.39 is 5.41 Å². The van der Waals surface area contributed by atoms with Crippen LogP contribution in [0, 0.1) is 0 Å². The van der Waals surface area contributed by atoms with Crippen LogP contribution in [0.1, 0.15) is 43.8 Å². The molecule has 306 valence electrons. The first kappa shape index (κ1) is 36.3. The van der Waals surface area contributed by atoms with Gasteiger partial charge < -0.3 is 4.90 Å². The summed E-state index contributed by atoms with van der Waals surface area (Å²) in [6.07, 6.45) is 0. The van der Waals surface area contributed by atoms with Gasteiger partial charge in [-0.05, 0) is 138 Å². The van der Waals surface area contributed by atoms with Gasteiger partial charge in [0.25, 0.3) is 0 Å². The molecule has 4 aliphatic carbocycles. The van der Waals surface area contributed by atoms with Gasteiger partial charge in [-0.25, -0.2) is 0 Å². The molecule has 1 atom stereocenters. The van der Waals surface area contributed by atoms with Crippen LogP contribution in [-0.4, -0.2) is 0 Å². The van der Waals surface area contributed by atoms with Crippen LogP contribution in [0.15, 0.2) is 237 Å². The lowest BCUT2D eigenvalue weighted by atomic mass is 9.70. The Kier molecular flexibility index (Phi) is 7.30. The van der Waals surface area contributed by atoms with E-state index in [-0.39, 0.29) is 5.41 Å². The fraction of sp³-hybridized carbons (Fsp3) is 0.0312. The highest BCUT2D eigenvalue weighted by Crippen LogP contribution is 2.67. The maximum Gasteiger partial charge on any atom is 0.0819 e. The minimum Gasteiger partial charge on any atom is -0.310 e. The Morgan fingerprint density at radius 3 is 1.33 bits per heavy atom. The Morgan fingerprint density at radius 1 is 0.288 bits per heavy atom. The predicted octanol–water partition coefficient (Wildman–Crippen LogP) is 16.7. The summed E-state index contributed by atoms with van der Waals surface area (Å²) < 4.78 is 1.35. The van der Waals surface area contributed by atoms with Gasteiger partial charge in [0.2, 0.25) is 0 Å². The molecule has 1 heterocycles. The molecule has 0 saturated carbocycles. The van der Waals surface area contributed by atoms with E-state index in [1.54, 1.807) is 0 Å². The van der Waals surface area contributed by atoms with Gasteiger partial charge in [0.1, 0.15) is 0 Å². The molecule has 66 heavy (non-hydrogen) atoms. The standard InChI is InChI=1S/C64H39NS/c1-2-16-42(17-3-1)65(44-35-37-50-47-20-6-12-26-55(47)63(59(50)39-44)53-24-10-4-18-45(53)46-19-5-11-25-54(46)63)43-33-30-40(31-34-43)41-32-36-49-48-21-7-13-27-56(48)64(58(49)38-41)57-28-14-8-22-51(57)61-52-23-9-15-29-60(52)66-62(61)64/h1-39H. The second-order valence-electron chi connectivity index (χ2n) is 18.2. The number of rotatable bonds is 4. The van der Waals surface area contributed by atoms with Crippen molar-refractivity contribution in [1.82, 2.24) is 0 Å². The van der Waals surface area contributed by atoms with Crippen molar-refractivity contribution in [3.05, 3.63) is 280 Å². The summed E-state index contributed by atoms with van der Waals surface area (Å²) in [5, 5.41) is 1.35. The highest BCUT2D eigenvalue weighted by molar-refractivity contribution is 7.20. The molecule has 1 aromatic heterocycles. The SMILES string of the molecule is c1ccc(N(c2ccc(-c3ccc4c(c3)C3(c5ccccc5-4)c4ccccc4-c4c3sc3ccccc43)cc2)c2ccc3c(c2)C2(c4ccccc4-c4ccccc42)c2ccccc2-3)cc1. The number of benzene rings is 10. The number of hydrogen-bond acceptors (Lipinski definition) is 2. The molecule has 10 aromatic carbocycles. The van der Waals surface area contributed by atoms with Gasteiger partial charge >= 0.3 is 0 Å². The average molecular weight is 854 g/mol.